The number of hydrogen-bond acceptors (Lipinski definition) is 2. The van der Waals surface area contributed by atoms with Gasteiger partial charge in [-0.15, -0.1) is 0 Å². The van der Waals surface area contributed by atoms with Crippen LogP contribution in [0.5, 0.6) is 0 Å². The van der Waals surface area contributed by atoms with Crippen molar-refractivity contribution in [3.8, 4) is 0 Å². The molecule has 0 amide bonds. The maximum absolute atomic E-state index is 5.06. The van der Waals surface area contributed by atoms with Crippen LogP contribution in [0.25, 0.3) is 0 Å². The standard InChI is InChI=1S/C19H24N2/c1-2-13-11-14-7-8-17-19(9-10-21(12-13)18(14)19)15-5-3-4-6-16(15)20-17/h3-6,13-14,18H,2,7-12H2,1H3/t13-,14+,18+,19+/m0/s1. The van der Waals surface area contributed by atoms with Gasteiger partial charge in [-0.1, -0.05) is 31.5 Å². The number of hydrogen-bond donors (Lipinski definition) is 0. The first kappa shape index (κ1) is 12.4. The highest BCUT2D eigenvalue weighted by Gasteiger charge is 2.60. The van der Waals surface area contributed by atoms with Gasteiger partial charge >= 0.3 is 0 Å². The Balaban J connectivity index is 1.64. The van der Waals surface area contributed by atoms with Crippen molar-refractivity contribution in [2.45, 2.75) is 50.5 Å². The van der Waals surface area contributed by atoms with Gasteiger partial charge in [-0.05, 0) is 55.7 Å². The molecule has 110 valence electrons. The molecule has 0 N–H and O–H groups in total. The van der Waals surface area contributed by atoms with E-state index < -0.39 is 0 Å². The maximum atomic E-state index is 5.06. The van der Waals surface area contributed by atoms with Crippen LogP contribution < -0.4 is 0 Å². The summed E-state index contributed by atoms with van der Waals surface area (Å²) in [6.45, 7) is 4.98. The van der Waals surface area contributed by atoms with Crippen LogP contribution in [0.15, 0.2) is 29.3 Å². The van der Waals surface area contributed by atoms with E-state index in [1.807, 2.05) is 0 Å². The predicted octanol–water partition coefficient (Wildman–Crippen LogP) is 3.92. The Morgan fingerprint density at radius 3 is 3.14 bits per heavy atom. The summed E-state index contributed by atoms with van der Waals surface area (Å²) in [4.78, 5) is 7.90. The lowest BCUT2D eigenvalue weighted by Gasteiger charge is -2.50. The van der Waals surface area contributed by atoms with E-state index in [1.54, 1.807) is 5.56 Å². The van der Waals surface area contributed by atoms with Crippen molar-refractivity contribution in [2.24, 2.45) is 16.8 Å². The molecule has 2 nitrogen and oxygen atoms in total. The molecule has 4 atom stereocenters. The lowest BCUT2D eigenvalue weighted by Crippen LogP contribution is -2.57. The van der Waals surface area contributed by atoms with Gasteiger partial charge in [-0.25, -0.2) is 0 Å². The van der Waals surface area contributed by atoms with Gasteiger partial charge in [0.05, 0.1) is 11.1 Å². The SMILES string of the molecule is CC[C@H]1C[C@H]2CCC3=Nc4ccccc4[C@]34CCN(C1)[C@H]24. The van der Waals surface area contributed by atoms with E-state index in [0.717, 1.165) is 17.9 Å². The van der Waals surface area contributed by atoms with E-state index in [-0.39, 0.29) is 5.41 Å². The molecule has 2 saturated heterocycles. The van der Waals surface area contributed by atoms with Crippen molar-refractivity contribution in [1.82, 2.24) is 4.90 Å². The summed E-state index contributed by atoms with van der Waals surface area (Å²) in [5, 5.41) is 0. The smallest absolute Gasteiger partial charge is 0.0671 e. The minimum absolute atomic E-state index is 0.290. The van der Waals surface area contributed by atoms with Gasteiger partial charge in [0.1, 0.15) is 0 Å². The molecular formula is C19H24N2. The average molecular weight is 280 g/mol. The molecule has 5 rings (SSSR count). The van der Waals surface area contributed by atoms with Gasteiger partial charge < -0.3 is 0 Å². The number of aliphatic imine (C=N–C) groups is 1. The Kier molecular flexibility index (Phi) is 2.48. The fourth-order valence-electron chi connectivity index (χ4n) is 5.92. The molecule has 0 bridgehead atoms. The molecule has 3 fully saturated rings. The summed E-state index contributed by atoms with van der Waals surface area (Å²) in [5.74, 6) is 1.83. The molecule has 1 aromatic rings. The second kappa shape index (κ2) is 4.19. The van der Waals surface area contributed by atoms with Crippen LogP contribution in [0.4, 0.5) is 5.69 Å². The Hall–Kier alpha value is -1.15. The van der Waals surface area contributed by atoms with Crippen LogP contribution >= 0.6 is 0 Å². The van der Waals surface area contributed by atoms with Crippen LogP contribution in [-0.2, 0) is 5.41 Å². The van der Waals surface area contributed by atoms with Gasteiger partial charge in [0, 0.05) is 18.3 Å². The molecule has 2 heteroatoms. The van der Waals surface area contributed by atoms with Crippen LogP contribution in [0.1, 0.15) is 44.6 Å². The number of para-hydroxylation sites is 1. The highest BCUT2D eigenvalue weighted by molar-refractivity contribution is 6.03. The summed E-state index contributed by atoms with van der Waals surface area (Å²) in [6.07, 6.45) is 6.71. The summed E-state index contributed by atoms with van der Waals surface area (Å²) in [7, 11) is 0. The van der Waals surface area contributed by atoms with Crippen LogP contribution in [0, 0.1) is 11.8 Å². The van der Waals surface area contributed by atoms with E-state index in [0.29, 0.717) is 0 Å². The summed E-state index contributed by atoms with van der Waals surface area (Å²) in [5.41, 5.74) is 4.63. The van der Waals surface area contributed by atoms with E-state index in [9.17, 15) is 0 Å². The van der Waals surface area contributed by atoms with Crippen molar-refractivity contribution in [1.29, 1.82) is 0 Å². The Morgan fingerprint density at radius 2 is 2.24 bits per heavy atom. The van der Waals surface area contributed by atoms with Gasteiger partial charge in [0.15, 0.2) is 0 Å². The van der Waals surface area contributed by atoms with Gasteiger partial charge in [-0.3, -0.25) is 9.89 Å². The van der Waals surface area contributed by atoms with E-state index in [2.05, 4.69) is 36.1 Å². The van der Waals surface area contributed by atoms with Crippen molar-refractivity contribution >= 4 is 11.4 Å². The van der Waals surface area contributed by atoms with Crippen LogP contribution in [0.3, 0.4) is 0 Å². The molecule has 1 saturated carbocycles. The second-order valence-electron chi connectivity index (χ2n) is 7.55. The Labute approximate surface area is 127 Å². The zero-order valence-corrected chi connectivity index (χ0v) is 12.9. The normalized spacial score (nSPS) is 40.4. The highest BCUT2D eigenvalue weighted by Crippen LogP contribution is 2.57. The fraction of sp³-hybridized carbons (Fsp3) is 0.632. The molecule has 1 aromatic carbocycles. The zero-order valence-electron chi connectivity index (χ0n) is 12.9. The molecule has 3 aliphatic heterocycles. The summed E-state index contributed by atoms with van der Waals surface area (Å²) in [6, 6.07) is 9.70. The summed E-state index contributed by atoms with van der Waals surface area (Å²) < 4.78 is 0. The van der Waals surface area contributed by atoms with Crippen LogP contribution in [-0.4, -0.2) is 29.7 Å². The van der Waals surface area contributed by atoms with Gasteiger partial charge in [0.25, 0.3) is 0 Å². The first-order chi connectivity index (χ1) is 10.3. The number of rotatable bonds is 1. The summed E-state index contributed by atoms with van der Waals surface area (Å²) >= 11 is 0. The maximum Gasteiger partial charge on any atom is 0.0671 e. The first-order valence-corrected chi connectivity index (χ1v) is 8.74. The Bertz CT molecular complexity index is 620. The monoisotopic (exact) mass is 280 g/mol. The zero-order chi connectivity index (χ0) is 14.0. The topological polar surface area (TPSA) is 15.6 Å². The third kappa shape index (κ3) is 1.45. The van der Waals surface area contributed by atoms with E-state index in [1.165, 1.54) is 56.6 Å². The van der Waals surface area contributed by atoms with Crippen molar-refractivity contribution < 1.29 is 0 Å². The molecule has 3 heterocycles. The van der Waals surface area contributed by atoms with Gasteiger partial charge in [0.2, 0.25) is 0 Å². The second-order valence-corrected chi connectivity index (χ2v) is 7.55. The molecule has 4 aliphatic rings. The average Bonchev–Trinajstić information content (AvgIpc) is 3.07. The minimum Gasteiger partial charge on any atom is -0.299 e. The van der Waals surface area contributed by atoms with E-state index in [4.69, 9.17) is 4.99 Å². The lowest BCUT2D eigenvalue weighted by molar-refractivity contribution is 0.0591. The molecule has 1 aliphatic carbocycles. The third-order valence-corrected chi connectivity index (χ3v) is 6.75. The van der Waals surface area contributed by atoms with Crippen molar-refractivity contribution in [2.75, 3.05) is 13.1 Å². The van der Waals surface area contributed by atoms with E-state index >= 15 is 0 Å². The highest BCUT2D eigenvalue weighted by atomic mass is 15.2. The molecule has 0 aromatic heterocycles. The number of nitrogens with zero attached hydrogens (tertiary/aromatic N) is 2. The Morgan fingerprint density at radius 1 is 1.33 bits per heavy atom. The van der Waals surface area contributed by atoms with Crippen molar-refractivity contribution in [3.05, 3.63) is 29.8 Å². The lowest BCUT2D eigenvalue weighted by atomic mass is 9.59. The number of piperidine rings is 1. The number of fused-ring (bicyclic) bond motifs is 1. The fourth-order valence-corrected chi connectivity index (χ4v) is 5.92. The molecule has 21 heavy (non-hydrogen) atoms. The molecule has 1 spiro atoms. The minimum atomic E-state index is 0.290. The quantitative estimate of drug-likeness (QED) is 0.761. The first-order valence-electron chi connectivity index (χ1n) is 8.74. The van der Waals surface area contributed by atoms with Crippen molar-refractivity contribution in [3.63, 3.8) is 0 Å². The third-order valence-electron chi connectivity index (χ3n) is 6.75. The molecule has 0 radical (unpaired) electrons. The molecular weight excluding hydrogens is 256 g/mol. The van der Waals surface area contributed by atoms with Gasteiger partial charge in [-0.2, -0.15) is 0 Å². The predicted molar refractivity (Wildman–Crippen MR) is 86.3 cm³/mol. The number of benzene rings is 1. The van der Waals surface area contributed by atoms with Crippen LogP contribution in [0.2, 0.25) is 0 Å². The molecule has 0 unspecified atom stereocenters. The largest absolute Gasteiger partial charge is 0.299 e.